The Labute approximate surface area is 182 Å². The van der Waals surface area contributed by atoms with E-state index in [1.54, 1.807) is 12.1 Å². The minimum absolute atomic E-state index is 0.0785. The molecule has 0 amide bonds. The smallest absolute Gasteiger partial charge is 0.200 e. The minimum Gasteiger partial charge on any atom is -0.494 e. The number of methoxy groups -OCH3 is 1. The van der Waals surface area contributed by atoms with Crippen LogP contribution in [0.3, 0.4) is 0 Å². The van der Waals surface area contributed by atoms with Gasteiger partial charge in [0.05, 0.1) is 7.11 Å². The summed E-state index contributed by atoms with van der Waals surface area (Å²) >= 11 is 0. The molecule has 0 unspecified atom stereocenters. The fourth-order valence-electron chi connectivity index (χ4n) is 3.53. The second kappa shape index (κ2) is 11.4. The number of alkyl halides is 1. The van der Waals surface area contributed by atoms with Gasteiger partial charge in [0.15, 0.2) is 11.6 Å². The van der Waals surface area contributed by atoms with E-state index in [0.717, 1.165) is 36.0 Å². The van der Waals surface area contributed by atoms with Gasteiger partial charge in [-0.15, -0.1) is 0 Å². The second-order valence-electron chi connectivity index (χ2n) is 7.47. The van der Waals surface area contributed by atoms with Crippen LogP contribution in [0.4, 0.5) is 13.2 Å². The predicted octanol–water partition coefficient (Wildman–Crippen LogP) is 7.27. The molecule has 0 aromatic heterocycles. The first-order chi connectivity index (χ1) is 15.1. The molecule has 31 heavy (non-hydrogen) atoms. The molecular formula is C27H27F3O. The van der Waals surface area contributed by atoms with Gasteiger partial charge in [-0.25, -0.2) is 8.78 Å². The molecular weight excluding hydrogens is 397 g/mol. The molecule has 3 aromatic rings. The van der Waals surface area contributed by atoms with Crippen LogP contribution in [0.5, 0.6) is 5.75 Å². The highest BCUT2D eigenvalue weighted by molar-refractivity contribution is 5.64. The van der Waals surface area contributed by atoms with Crippen molar-refractivity contribution in [3.8, 4) is 16.9 Å². The third-order valence-corrected chi connectivity index (χ3v) is 5.36. The molecule has 1 nitrogen and oxygen atoms in total. The lowest BCUT2D eigenvalue weighted by molar-refractivity contribution is 0.370. The average molecular weight is 425 g/mol. The highest BCUT2D eigenvalue weighted by Crippen LogP contribution is 2.24. The zero-order chi connectivity index (χ0) is 22.1. The Kier molecular flexibility index (Phi) is 8.34. The van der Waals surface area contributed by atoms with E-state index < -0.39 is 18.3 Å². The predicted molar refractivity (Wildman–Crippen MR) is 120 cm³/mol. The first kappa shape index (κ1) is 22.7. The van der Waals surface area contributed by atoms with Crippen LogP contribution in [-0.4, -0.2) is 13.8 Å². The van der Waals surface area contributed by atoms with E-state index in [9.17, 15) is 13.2 Å². The van der Waals surface area contributed by atoms with Gasteiger partial charge in [-0.2, -0.15) is 4.39 Å². The fraction of sp³-hybridized carbons (Fsp3) is 0.259. The highest BCUT2D eigenvalue weighted by Gasteiger charge is 2.13. The van der Waals surface area contributed by atoms with Crippen LogP contribution in [0.25, 0.3) is 11.1 Å². The number of benzene rings is 3. The average Bonchev–Trinajstić information content (AvgIpc) is 2.81. The van der Waals surface area contributed by atoms with Crippen molar-refractivity contribution in [2.45, 2.75) is 32.1 Å². The second-order valence-corrected chi connectivity index (χ2v) is 7.47. The van der Waals surface area contributed by atoms with Crippen molar-refractivity contribution in [2.24, 2.45) is 0 Å². The SMILES string of the molecule is COc1ccc(CCc2ccc(-c3ccc(CCC/C=C/CF)cc3)cc2)c(F)c1F. The molecule has 0 N–H and O–H groups in total. The van der Waals surface area contributed by atoms with Gasteiger partial charge in [0.25, 0.3) is 0 Å². The lowest BCUT2D eigenvalue weighted by atomic mass is 9.98. The van der Waals surface area contributed by atoms with Gasteiger partial charge >= 0.3 is 0 Å². The number of hydrogen-bond donors (Lipinski definition) is 0. The quantitative estimate of drug-likeness (QED) is 0.246. The van der Waals surface area contributed by atoms with Crippen LogP contribution in [0, 0.1) is 11.6 Å². The third kappa shape index (κ3) is 6.24. The summed E-state index contributed by atoms with van der Waals surface area (Å²) < 4.78 is 44.8. The maximum Gasteiger partial charge on any atom is 0.200 e. The molecule has 0 heterocycles. The maximum atomic E-state index is 14.1. The van der Waals surface area contributed by atoms with E-state index in [0.29, 0.717) is 18.4 Å². The number of allylic oxidation sites excluding steroid dienone is 2. The Morgan fingerprint density at radius 3 is 1.90 bits per heavy atom. The van der Waals surface area contributed by atoms with Crippen LogP contribution >= 0.6 is 0 Å². The zero-order valence-electron chi connectivity index (χ0n) is 17.7. The highest BCUT2D eigenvalue weighted by atomic mass is 19.2. The van der Waals surface area contributed by atoms with Crippen molar-refractivity contribution in [1.82, 2.24) is 0 Å². The Morgan fingerprint density at radius 2 is 1.32 bits per heavy atom. The lowest BCUT2D eigenvalue weighted by Gasteiger charge is -2.09. The van der Waals surface area contributed by atoms with E-state index in [-0.39, 0.29) is 5.75 Å². The van der Waals surface area contributed by atoms with E-state index in [1.165, 1.54) is 18.7 Å². The topological polar surface area (TPSA) is 9.23 Å². The van der Waals surface area contributed by atoms with Crippen molar-refractivity contribution < 1.29 is 17.9 Å². The molecule has 0 aliphatic carbocycles. The Morgan fingerprint density at radius 1 is 0.710 bits per heavy atom. The lowest BCUT2D eigenvalue weighted by Crippen LogP contribution is -2.00. The molecule has 0 atom stereocenters. The summed E-state index contributed by atoms with van der Waals surface area (Å²) in [5.41, 5.74) is 4.93. The van der Waals surface area contributed by atoms with Crippen molar-refractivity contribution in [3.05, 3.63) is 101 Å². The molecule has 4 heteroatoms. The molecule has 3 aromatic carbocycles. The van der Waals surface area contributed by atoms with E-state index in [1.807, 2.05) is 18.2 Å². The molecule has 0 bridgehead atoms. The first-order valence-corrected chi connectivity index (χ1v) is 10.5. The molecule has 0 radical (unpaired) electrons. The molecule has 0 spiro atoms. The maximum absolute atomic E-state index is 14.1. The van der Waals surface area contributed by atoms with Crippen LogP contribution in [0.1, 0.15) is 29.5 Å². The molecule has 162 valence electrons. The number of aryl methyl sites for hydroxylation is 3. The molecule has 0 aliphatic heterocycles. The van der Waals surface area contributed by atoms with E-state index in [2.05, 4.69) is 36.4 Å². The van der Waals surface area contributed by atoms with E-state index >= 15 is 0 Å². The van der Waals surface area contributed by atoms with Crippen LogP contribution in [0.2, 0.25) is 0 Å². The number of rotatable bonds is 10. The molecule has 0 aliphatic rings. The summed E-state index contributed by atoms with van der Waals surface area (Å²) in [6.07, 6.45) is 7.34. The number of unbranched alkanes of at least 4 members (excludes halogenated alkanes) is 1. The van der Waals surface area contributed by atoms with Crippen LogP contribution in [-0.2, 0) is 19.3 Å². The third-order valence-electron chi connectivity index (χ3n) is 5.36. The minimum atomic E-state index is -0.935. The van der Waals surface area contributed by atoms with Gasteiger partial charge in [0, 0.05) is 0 Å². The molecule has 0 saturated heterocycles. The summed E-state index contributed by atoms with van der Waals surface area (Å²) in [6, 6.07) is 19.7. The summed E-state index contributed by atoms with van der Waals surface area (Å²) in [5.74, 6) is -1.85. The summed E-state index contributed by atoms with van der Waals surface area (Å²) in [6.45, 7) is -0.398. The Bertz CT molecular complexity index is 992. The molecule has 0 saturated carbocycles. The van der Waals surface area contributed by atoms with Gasteiger partial charge in [0.2, 0.25) is 5.82 Å². The van der Waals surface area contributed by atoms with Crippen molar-refractivity contribution in [2.75, 3.05) is 13.8 Å². The van der Waals surface area contributed by atoms with Gasteiger partial charge < -0.3 is 4.74 Å². The monoisotopic (exact) mass is 424 g/mol. The Balaban J connectivity index is 1.56. The van der Waals surface area contributed by atoms with Crippen molar-refractivity contribution in [3.63, 3.8) is 0 Å². The number of ether oxygens (including phenoxy) is 1. The summed E-state index contributed by atoms with van der Waals surface area (Å²) in [5, 5.41) is 0. The van der Waals surface area contributed by atoms with E-state index in [4.69, 9.17) is 4.74 Å². The summed E-state index contributed by atoms with van der Waals surface area (Å²) in [7, 11) is 1.32. The molecule has 0 fully saturated rings. The van der Waals surface area contributed by atoms with Crippen molar-refractivity contribution >= 4 is 0 Å². The van der Waals surface area contributed by atoms with Gasteiger partial charge in [-0.1, -0.05) is 66.7 Å². The van der Waals surface area contributed by atoms with Crippen molar-refractivity contribution in [1.29, 1.82) is 0 Å². The summed E-state index contributed by atoms with van der Waals surface area (Å²) in [4.78, 5) is 0. The Hall–Kier alpha value is -3.01. The molecule has 3 rings (SSSR count). The standard InChI is InChI=1S/C27H27F3O/c1-31-25-18-17-24(26(29)27(25)30)16-11-21-9-14-23(15-10-21)22-12-7-20(8-13-22)6-4-2-3-5-19-28/h3,5,7-10,12-15,17-18H,2,4,6,11,16,19H2,1H3/b5-3+. The van der Waals surface area contributed by atoms with Crippen LogP contribution in [0.15, 0.2) is 72.8 Å². The zero-order valence-corrected chi connectivity index (χ0v) is 17.7. The largest absolute Gasteiger partial charge is 0.494 e. The van der Waals surface area contributed by atoms with Gasteiger partial charge in [-0.3, -0.25) is 0 Å². The number of halogens is 3. The first-order valence-electron chi connectivity index (χ1n) is 10.5. The number of hydrogen-bond acceptors (Lipinski definition) is 1. The van der Waals surface area contributed by atoms with Crippen LogP contribution < -0.4 is 4.74 Å². The van der Waals surface area contributed by atoms with Gasteiger partial charge in [0.1, 0.15) is 6.67 Å². The van der Waals surface area contributed by atoms with Gasteiger partial charge in [-0.05, 0) is 66.0 Å². The normalized spacial score (nSPS) is 11.2. The fourth-order valence-corrected chi connectivity index (χ4v) is 3.53.